The second-order valence-corrected chi connectivity index (χ2v) is 6.59. The van der Waals surface area contributed by atoms with Crippen LogP contribution in [0.4, 0.5) is 0 Å². The summed E-state index contributed by atoms with van der Waals surface area (Å²) < 4.78 is 5.59. The van der Waals surface area contributed by atoms with E-state index >= 15 is 0 Å². The first kappa shape index (κ1) is 17.2. The van der Waals surface area contributed by atoms with E-state index in [2.05, 4.69) is 9.80 Å². The summed E-state index contributed by atoms with van der Waals surface area (Å²) >= 11 is 0. The van der Waals surface area contributed by atoms with Crippen molar-refractivity contribution in [3.05, 3.63) is 30.3 Å². The number of hydrogen-bond donors (Lipinski definition) is 1. The van der Waals surface area contributed by atoms with Gasteiger partial charge in [0.2, 0.25) is 5.91 Å². The van der Waals surface area contributed by atoms with E-state index in [0.29, 0.717) is 19.7 Å². The number of likely N-dealkylation sites (tertiary alicyclic amines) is 1. The lowest BCUT2D eigenvalue weighted by atomic mass is 10.2. The fourth-order valence-corrected chi connectivity index (χ4v) is 3.05. The van der Waals surface area contributed by atoms with E-state index in [-0.39, 0.29) is 5.91 Å². The number of aliphatic hydroxyl groups excluding tert-OH is 1. The average molecular weight is 333 g/mol. The molecule has 24 heavy (non-hydrogen) atoms. The quantitative estimate of drug-likeness (QED) is 0.777. The van der Waals surface area contributed by atoms with Crippen molar-refractivity contribution < 1.29 is 14.6 Å². The molecule has 6 heteroatoms. The van der Waals surface area contributed by atoms with Crippen LogP contribution in [0, 0.1) is 0 Å². The van der Waals surface area contributed by atoms with Gasteiger partial charge in [0.25, 0.3) is 0 Å². The zero-order chi connectivity index (χ0) is 16.8. The van der Waals surface area contributed by atoms with Gasteiger partial charge < -0.3 is 14.7 Å². The van der Waals surface area contributed by atoms with E-state index in [1.54, 1.807) is 0 Å². The molecule has 0 aromatic heterocycles. The van der Waals surface area contributed by atoms with E-state index in [1.807, 2.05) is 35.2 Å². The summed E-state index contributed by atoms with van der Waals surface area (Å²) in [6, 6.07) is 9.56. The van der Waals surface area contributed by atoms with Crippen LogP contribution in [0.5, 0.6) is 5.75 Å². The Morgan fingerprint density at radius 3 is 2.33 bits per heavy atom. The SMILES string of the molecule is O=C(CN1CCN(C[C@H](O)COc2ccccc2)CC1)N1CCC1. The maximum atomic E-state index is 12.0. The van der Waals surface area contributed by atoms with Crippen LogP contribution in [-0.2, 0) is 4.79 Å². The van der Waals surface area contributed by atoms with E-state index in [0.717, 1.165) is 51.4 Å². The molecule has 2 heterocycles. The van der Waals surface area contributed by atoms with E-state index in [1.165, 1.54) is 0 Å². The first-order chi connectivity index (χ1) is 11.7. The molecule has 0 saturated carbocycles. The van der Waals surface area contributed by atoms with Gasteiger partial charge in [-0.15, -0.1) is 0 Å². The Morgan fingerprint density at radius 1 is 1.04 bits per heavy atom. The van der Waals surface area contributed by atoms with Crippen LogP contribution in [0.3, 0.4) is 0 Å². The number of hydrogen-bond acceptors (Lipinski definition) is 5. The largest absolute Gasteiger partial charge is 0.491 e. The number of nitrogens with zero attached hydrogens (tertiary/aromatic N) is 3. The van der Waals surface area contributed by atoms with Gasteiger partial charge in [-0.05, 0) is 18.6 Å². The molecule has 1 atom stereocenters. The van der Waals surface area contributed by atoms with Crippen molar-refractivity contribution in [1.82, 2.24) is 14.7 Å². The number of rotatable bonds is 7. The van der Waals surface area contributed by atoms with Crippen molar-refractivity contribution in [3.8, 4) is 5.75 Å². The summed E-state index contributed by atoms with van der Waals surface area (Å²) in [6.07, 6.45) is 0.641. The van der Waals surface area contributed by atoms with Gasteiger partial charge in [0.15, 0.2) is 0 Å². The molecule has 0 aliphatic carbocycles. The van der Waals surface area contributed by atoms with E-state index < -0.39 is 6.10 Å². The van der Waals surface area contributed by atoms with Crippen LogP contribution in [-0.4, -0.2) is 90.8 Å². The highest BCUT2D eigenvalue weighted by Gasteiger charge is 2.25. The lowest BCUT2D eigenvalue weighted by Gasteiger charge is -2.37. The molecule has 2 saturated heterocycles. The lowest BCUT2D eigenvalue weighted by Crippen LogP contribution is -2.53. The molecule has 2 aliphatic heterocycles. The minimum Gasteiger partial charge on any atom is -0.491 e. The molecule has 1 N–H and O–H groups in total. The van der Waals surface area contributed by atoms with Gasteiger partial charge >= 0.3 is 0 Å². The maximum absolute atomic E-state index is 12.0. The highest BCUT2D eigenvalue weighted by molar-refractivity contribution is 5.78. The molecule has 0 spiro atoms. The monoisotopic (exact) mass is 333 g/mol. The minimum absolute atomic E-state index is 0.256. The van der Waals surface area contributed by atoms with Gasteiger partial charge in [-0.25, -0.2) is 0 Å². The third-order valence-electron chi connectivity index (χ3n) is 4.69. The molecule has 1 aromatic rings. The van der Waals surface area contributed by atoms with Crippen molar-refractivity contribution in [2.75, 3.05) is 59.0 Å². The second kappa shape index (κ2) is 8.46. The summed E-state index contributed by atoms with van der Waals surface area (Å²) in [6.45, 7) is 6.83. The first-order valence-corrected chi connectivity index (χ1v) is 8.79. The van der Waals surface area contributed by atoms with Gasteiger partial charge in [-0.1, -0.05) is 18.2 Å². The third-order valence-corrected chi connectivity index (χ3v) is 4.69. The van der Waals surface area contributed by atoms with Crippen LogP contribution >= 0.6 is 0 Å². The molecule has 1 aromatic carbocycles. The zero-order valence-electron chi connectivity index (χ0n) is 14.1. The second-order valence-electron chi connectivity index (χ2n) is 6.59. The van der Waals surface area contributed by atoms with E-state index in [4.69, 9.17) is 4.74 Å². The van der Waals surface area contributed by atoms with Crippen LogP contribution < -0.4 is 4.74 Å². The molecule has 132 valence electrons. The first-order valence-electron chi connectivity index (χ1n) is 8.79. The molecule has 0 unspecified atom stereocenters. The third kappa shape index (κ3) is 4.93. The number of para-hydroxylation sites is 1. The highest BCUT2D eigenvalue weighted by Crippen LogP contribution is 2.10. The molecule has 6 nitrogen and oxygen atoms in total. The number of amides is 1. The average Bonchev–Trinajstić information content (AvgIpc) is 2.54. The van der Waals surface area contributed by atoms with Crippen LogP contribution in [0.15, 0.2) is 30.3 Å². The fourth-order valence-electron chi connectivity index (χ4n) is 3.05. The number of carbonyl (C=O) groups is 1. The molecule has 1 amide bonds. The Hall–Kier alpha value is -1.63. The van der Waals surface area contributed by atoms with Gasteiger partial charge in [0.1, 0.15) is 18.5 Å². The minimum atomic E-state index is -0.500. The lowest BCUT2D eigenvalue weighted by molar-refractivity contribution is -0.136. The Balaban J connectivity index is 1.32. The molecule has 2 fully saturated rings. The van der Waals surface area contributed by atoms with Crippen molar-refractivity contribution in [2.45, 2.75) is 12.5 Å². The van der Waals surface area contributed by atoms with Crippen LogP contribution in [0.1, 0.15) is 6.42 Å². The smallest absolute Gasteiger partial charge is 0.236 e. The van der Waals surface area contributed by atoms with Crippen LogP contribution in [0.2, 0.25) is 0 Å². The van der Waals surface area contributed by atoms with Gasteiger partial charge in [0.05, 0.1) is 6.54 Å². The number of carbonyl (C=O) groups excluding carboxylic acids is 1. The number of aliphatic hydroxyl groups is 1. The van der Waals surface area contributed by atoms with Crippen molar-refractivity contribution in [3.63, 3.8) is 0 Å². The molecule has 2 aliphatic rings. The Bertz CT molecular complexity index is 514. The summed E-state index contributed by atoms with van der Waals surface area (Å²) in [4.78, 5) is 18.4. The molecule has 3 rings (SSSR count). The predicted molar refractivity (Wildman–Crippen MR) is 92.0 cm³/mol. The van der Waals surface area contributed by atoms with Crippen molar-refractivity contribution in [2.24, 2.45) is 0 Å². The molecular formula is C18H27N3O3. The summed E-state index contributed by atoms with van der Waals surface area (Å²) in [7, 11) is 0. The summed E-state index contributed by atoms with van der Waals surface area (Å²) in [5, 5.41) is 10.1. The predicted octanol–water partition coefficient (Wildman–Crippen LogP) is 0.276. The fraction of sp³-hybridized carbons (Fsp3) is 0.611. The van der Waals surface area contributed by atoms with Crippen LogP contribution in [0.25, 0.3) is 0 Å². The van der Waals surface area contributed by atoms with Gasteiger partial charge in [-0.2, -0.15) is 0 Å². The number of β-amino-alcohol motifs (C(OH)–C–C–N with tert-alkyl or cyclic N) is 1. The molecule has 0 bridgehead atoms. The Labute approximate surface area is 143 Å². The maximum Gasteiger partial charge on any atom is 0.236 e. The Morgan fingerprint density at radius 2 is 1.71 bits per heavy atom. The Kier molecular flexibility index (Phi) is 6.07. The van der Waals surface area contributed by atoms with Crippen molar-refractivity contribution in [1.29, 1.82) is 0 Å². The standard InChI is InChI=1S/C18H27N3O3/c22-16(15-24-17-5-2-1-3-6-17)13-19-9-11-20(12-10-19)14-18(23)21-7-4-8-21/h1-3,5-6,16,22H,4,7-15H2/t16-/m0/s1. The topological polar surface area (TPSA) is 56.3 Å². The summed E-state index contributed by atoms with van der Waals surface area (Å²) in [5.74, 6) is 1.04. The van der Waals surface area contributed by atoms with E-state index in [9.17, 15) is 9.90 Å². The zero-order valence-corrected chi connectivity index (χ0v) is 14.1. The number of ether oxygens (including phenoxy) is 1. The molecule has 0 radical (unpaired) electrons. The van der Waals surface area contributed by atoms with Gasteiger partial charge in [-0.3, -0.25) is 14.6 Å². The number of piperazine rings is 1. The van der Waals surface area contributed by atoms with Gasteiger partial charge in [0, 0.05) is 45.8 Å². The molecular weight excluding hydrogens is 306 g/mol. The van der Waals surface area contributed by atoms with Crippen molar-refractivity contribution >= 4 is 5.91 Å². The normalized spacial score (nSPS) is 20.5. The highest BCUT2D eigenvalue weighted by atomic mass is 16.5. The number of benzene rings is 1. The summed E-state index contributed by atoms with van der Waals surface area (Å²) in [5.41, 5.74) is 0.